The molecule has 0 spiro atoms. The molecule has 0 unspecified atom stereocenters. The Morgan fingerprint density at radius 2 is 2.00 bits per heavy atom. The van der Waals surface area contributed by atoms with Gasteiger partial charge in [0.1, 0.15) is 0 Å². The van der Waals surface area contributed by atoms with Gasteiger partial charge in [0.25, 0.3) is 0 Å². The number of hydrogen-bond acceptors (Lipinski definition) is 4. The first kappa shape index (κ1) is 14.5. The molecule has 4 heteroatoms. The Kier molecular flexibility index (Phi) is 5.92. The van der Waals surface area contributed by atoms with Crippen molar-refractivity contribution < 1.29 is 14.3 Å². The fraction of sp³-hybridized carbons (Fsp3) is 0.923. The lowest BCUT2D eigenvalue weighted by Gasteiger charge is -2.47. The first-order chi connectivity index (χ1) is 8.15. The van der Waals surface area contributed by atoms with Crippen LogP contribution in [0, 0.1) is 0 Å². The van der Waals surface area contributed by atoms with Crippen LogP contribution in [0.2, 0.25) is 0 Å². The number of esters is 1. The van der Waals surface area contributed by atoms with Crippen molar-refractivity contribution in [3.8, 4) is 0 Å². The van der Waals surface area contributed by atoms with E-state index in [4.69, 9.17) is 9.47 Å². The zero-order valence-electron chi connectivity index (χ0n) is 11.3. The van der Waals surface area contributed by atoms with Crippen molar-refractivity contribution in [2.45, 2.75) is 58.1 Å². The molecule has 100 valence electrons. The van der Waals surface area contributed by atoms with E-state index in [1.165, 1.54) is 0 Å². The fourth-order valence-electron chi connectivity index (χ4n) is 2.40. The van der Waals surface area contributed by atoms with Gasteiger partial charge < -0.3 is 14.8 Å². The van der Waals surface area contributed by atoms with Crippen molar-refractivity contribution >= 4 is 5.97 Å². The van der Waals surface area contributed by atoms with Crippen LogP contribution in [0.3, 0.4) is 0 Å². The highest BCUT2D eigenvalue weighted by atomic mass is 16.5. The average molecular weight is 243 g/mol. The van der Waals surface area contributed by atoms with Crippen molar-refractivity contribution in [1.82, 2.24) is 5.32 Å². The summed E-state index contributed by atoms with van der Waals surface area (Å²) in [7, 11) is 0. The van der Waals surface area contributed by atoms with Crippen LogP contribution < -0.4 is 5.32 Å². The minimum absolute atomic E-state index is 0.0812. The summed E-state index contributed by atoms with van der Waals surface area (Å²) in [5.74, 6) is -0.106. The molecule has 1 fully saturated rings. The molecule has 1 rings (SSSR count). The van der Waals surface area contributed by atoms with Crippen LogP contribution in [0.1, 0.15) is 46.5 Å². The maximum atomic E-state index is 11.6. The molecule has 0 aromatic rings. The topological polar surface area (TPSA) is 47.6 Å². The Balaban J connectivity index is 2.42. The molecule has 0 heterocycles. The molecule has 17 heavy (non-hydrogen) atoms. The molecule has 0 bridgehead atoms. The predicted octanol–water partition coefficient (Wildman–Crippen LogP) is 1.88. The summed E-state index contributed by atoms with van der Waals surface area (Å²) < 4.78 is 10.6. The van der Waals surface area contributed by atoms with Gasteiger partial charge in [-0.3, -0.25) is 4.79 Å². The third-order valence-electron chi connectivity index (χ3n) is 3.18. The molecule has 4 nitrogen and oxygen atoms in total. The van der Waals surface area contributed by atoms with Gasteiger partial charge in [0, 0.05) is 12.1 Å². The predicted molar refractivity (Wildman–Crippen MR) is 66.9 cm³/mol. The van der Waals surface area contributed by atoms with Crippen molar-refractivity contribution in [3.05, 3.63) is 0 Å². The molecule has 1 aliphatic rings. The second-order valence-electron chi connectivity index (χ2n) is 4.67. The smallest absolute Gasteiger partial charge is 0.307 e. The zero-order chi connectivity index (χ0) is 12.7. The summed E-state index contributed by atoms with van der Waals surface area (Å²) in [5, 5.41) is 3.48. The Bertz CT molecular complexity index is 237. The normalized spacial score (nSPS) is 27.6. The second-order valence-corrected chi connectivity index (χ2v) is 4.67. The van der Waals surface area contributed by atoms with Crippen molar-refractivity contribution in [2.75, 3.05) is 19.8 Å². The second kappa shape index (κ2) is 6.97. The Morgan fingerprint density at radius 3 is 2.53 bits per heavy atom. The molecule has 0 aromatic heterocycles. The van der Waals surface area contributed by atoms with E-state index in [0.29, 0.717) is 19.1 Å². The molecular formula is C13H25NO3. The van der Waals surface area contributed by atoms with E-state index in [0.717, 1.165) is 32.4 Å². The maximum Gasteiger partial charge on any atom is 0.307 e. The Hall–Kier alpha value is -0.610. The standard InChI is InChI=1S/C13H25NO3/c1-4-7-14-13(10-12(15)17-6-3)8-11(9-13)16-5-2/h11,14H,4-10H2,1-3H3. The minimum atomic E-state index is -0.106. The number of hydrogen-bond donors (Lipinski definition) is 1. The minimum Gasteiger partial charge on any atom is -0.466 e. The fourth-order valence-corrected chi connectivity index (χ4v) is 2.40. The van der Waals surface area contributed by atoms with Gasteiger partial charge in [-0.25, -0.2) is 0 Å². The largest absolute Gasteiger partial charge is 0.466 e. The number of carbonyl (C=O) groups is 1. The monoisotopic (exact) mass is 243 g/mol. The highest BCUT2D eigenvalue weighted by Gasteiger charge is 2.45. The van der Waals surface area contributed by atoms with E-state index >= 15 is 0 Å². The summed E-state index contributed by atoms with van der Waals surface area (Å²) in [4.78, 5) is 11.6. The summed E-state index contributed by atoms with van der Waals surface area (Å²) in [6.45, 7) is 8.12. The van der Waals surface area contributed by atoms with Gasteiger partial charge in [-0.15, -0.1) is 0 Å². The lowest BCUT2D eigenvalue weighted by molar-refractivity contribution is -0.148. The molecule has 1 aliphatic carbocycles. The highest BCUT2D eigenvalue weighted by Crippen LogP contribution is 2.37. The molecule has 0 amide bonds. The van der Waals surface area contributed by atoms with Crippen molar-refractivity contribution in [2.24, 2.45) is 0 Å². The van der Waals surface area contributed by atoms with Crippen LogP contribution in [0.5, 0.6) is 0 Å². The van der Waals surface area contributed by atoms with Crippen LogP contribution in [-0.2, 0) is 14.3 Å². The Labute approximate surface area is 104 Å². The average Bonchev–Trinajstić information content (AvgIpc) is 2.24. The molecule has 1 saturated carbocycles. The van der Waals surface area contributed by atoms with Gasteiger partial charge in [-0.05, 0) is 39.7 Å². The third kappa shape index (κ3) is 4.28. The van der Waals surface area contributed by atoms with Crippen LogP contribution >= 0.6 is 0 Å². The Morgan fingerprint density at radius 1 is 1.29 bits per heavy atom. The number of rotatable bonds is 8. The molecule has 0 atom stereocenters. The number of carbonyl (C=O) groups excluding carboxylic acids is 1. The van der Waals surface area contributed by atoms with Gasteiger partial charge in [0.15, 0.2) is 0 Å². The van der Waals surface area contributed by atoms with Crippen LogP contribution in [-0.4, -0.2) is 37.4 Å². The van der Waals surface area contributed by atoms with Crippen molar-refractivity contribution in [1.29, 1.82) is 0 Å². The lowest BCUT2D eigenvalue weighted by atomic mass is 9.72. The van der Waals surface area contributed by atoms with Crippen LogP contribution in [0.4, 0.5) is 0 Å². The van der Waals surface area contributed by atoms with Gasteiger partial charge in [-0.2, -0.15) is 0 Å². The van der Waals surface area contributed by atoms with E-state index in [9.17, 15) is 4.79 Å². The van der Waals surface area contributed by atoms with Crippen LogP contribution in [0.15, 0.2) is 0 Å². The summed E-state index contributed by atoms with van der Waals surface area (Å²) >= 11 is 0. The quantitative estimate of drug-likeness (QED) is 0.661. The van der Waals surface area contributed by atoms with E-state index in [-0.39, 0.29) is 11.5 Å². The molecule has 1 N–H and O–H groups in total. The third-order valence-corrected chi connectivity index (χ3v) is 3.18. The van der Waals surface area contributed by atoms with E-state index in [1.807, 2.05) is 13.8 Å². The number of nitrogens with one attached hydrogen (secondary N) is 1. The van der Waals surface area contributed by atoms with Gasteiger partial charge in [0.05, 0.1) is 19.1 Å². The van der Waals surface area contributed by atoms with Gasteiger partial charge in [0.2, 0.25) is 0 Å². The van der Waals surface area contributed by atoms with Crippen molar-refractivity contribution in [3.63, 3.8) is 0 Å². The van der Waals surface area contributed by atoms with E-state index in [1.54, 1.807) is 0 Å². The van der Waals surface area contributed by atoms with E-state index < -0.39 is 0 Å². The molecule has 0 aromatic carbocycles. The summed E-state index contributed by atoms with van der Waals surface area (Å²) in [6, 6.07) is 0. The SMILES string of the molecule is CCCNC1(CC(=O)OCC)CC(OCC)C1. The zero-order valence-corrected chi connectivity index (χ0v) is 11.3. The highest BCUT2D eigenvalue weighted by molar-refractivity contribution is 5.71. The molecular weight excluding hydrogens is 218 g/mol. The maximum absolute atomic E-state index is 11.6. The number of ether oxygens (including phenoxy) is 2. The lowest BCUT2D eigenvalue weighted by Crippen LogP contribution is -2.59. The van der Waals surface area contributed by atoms with E-state index in [2.05, 4.69) is 12.2 Å². The molecule has 0 aliphatic heterocycles. The van der Waals surface area contributed by atoms with Gasteiger partial charge in [-0.1, -0.05) is 6.92 Å². The van der Waals surface area contributed by atoms with Gasteiger partial charge >= 0.3 is 5.97 Å². The summed E-state index contributed by atoms with van der Waals surface area (Å²) in [6.07, 6.45) is 3.67. The molecule has 0 radical (unpaired) electrons. The van der Waals surface area contributed by atoms with Crippen LogP contribution in [0.25, 0.3) is 0 Å². The first-order valence-electron chi connectivity index (χ1n) is 6.68. The first-order valence-corrected chi connectivity index (χ1v) is 6.68. The summed E-state index contributed by atoms with van der Waals surface area (Å²) in [5.41, 5.74) is -0.0812. The molecule has 0 saturated heterocycles.